The molecule has 2 heterocycles. The largest absolute Gasteiger partial charge is 0.468 e. The van der Waals surface area contributed by atoms with Gasteiger partial charge in [-0.25, -0.2) is 13.4 Å². The van der Waals surface area contributed by atoms with E-state index in [0.717, 1.165) is 37.9 Å². The lowest BCUT2D eigenvalue weighted by atomic mass is 9.91. The first-order valence-corrected chi connectivity index (χ1v) is 9.50. The highest BCUT2D eigenvalue weighted by Gasteiger charge is 2.41. The lowest BCUT2D eigenvalue weighted by Crippen LogP contribution is -2.54. The molecular weight excluding hydrogens is 361 g/mol. The van der Waals surface area contributed by atoms with Gasteiger partial charge in [0.2, 0.25) is 15.9 Å². The summed E-state index contributed by atoms with van der Waals surface area (Å²) in [6, 6.07) is 2.16. The van der Waals surface area contributed by atoms with Crippen molar-refractivity contribution >= 4 is 10.0 Å². The second-order valence-electron chi connectivity index (χ2n) is 6.11. The lowest BCUT2D eigenvalue weighted by Gasteiger charge is -2.42. The van der Waals surface area contributed by atoms with Crippen molar-refractivity contribution in [3.05, 3.63) is 18.3 Å². The highest BCUT2D eigenvalue weighted by Crippen LogP contribution is 2.32. The van der Waals surface area contributed by atoms with Gasteiger partial charge in [-0.3, -0.25) is 0 Å². The van der Waals surface area contributed by atoms with E-state index in [1.165, 1.54) is 10.4 Å². The Morgan fingerprint density at radius 3 is 2.72 bits per heavy atom. The van der Waals surface area contributed by atoms with Crippen molar-refractivity contribution in [2.24, 2.45) is 0 Å². The molecule has 10 heteroatoms. The molecule has 140 valence electrons. The topological polar surface area (TPSA) is 68.7 Å². The molecule has 3 rings (SSSR count). The van der Waals surface area contributed by atoms with Crippen molar-refractivity contribution in [1.29, 1.82) is 0 Å². The summed E-state index contributed by atoms with van der Waals surface area (Å²) in [6.45, 7) is -0.879. The number of nitrogens with zero attached hydrogens (tertiary/aromatic N) is 2. The molecule has 2 atom stereocenters. The summed E-state index contributed by atoms with van der Waals surface area (Å²) in [4.78, 5) is 3.63. The third kappa shape index (κ3) is 4.24. The fraction of sp³-hybridized carbons (Fsp3) is 0.667. The molecule has 25 heavy (non-hydrogen) atoms. The van der Waals surface area contributed by atoms with Gasteiger partial charge in [-0.1, -0.05) is 12.8 Å². The maximum absolute atomic E-state index is 12.9. The van der Waals surface area contributed by atoms with E-state index in [4.69, 9.17) is 4.74 Å². The first-order chi connectivity index (χ1) is 11.8. The third-order valence-electron chi connectivity index (χ3n) is 4.38. The second kappa shape index (κ2) is 7.08. The Bertz CT molecular complexity index is 692. The van der Waals surface area contributed by atoms with Crippen molar-refractivity contribution in [2.75, 3.05) is 19.8 Å². The predicted molar refractivity (Wildman–Crippen MR) is 81.7 cm³/mol. The number of ether oxygens (including phenoxy) is 2. The van der Waals surface area contributed by atoms with Crippen molar-refractivity contribution < 1.29 is 31.1 Å². The first kappa shape index (κ1) is 18.4. The summed E-state index contributed by atoms with van der Waals surface area (Å²) in [7, 11) is -3.78. The summed E-state index contributed by atoms with van der Waals surface area (Å²) in [5.41, 5.74) is 0. The van der Waals surface area contributed by atoms with E-state index in [1.807, 2.05) is 0 Å². The number of fused-ring (bicyclic) bond motifs is 1. The van der Waals surface area contributed by atoms with Gasteiger partial charge in [0.15, 0.2) is 6.61 Å². The summed E-state index contributed by atoms with van der Waals surface area (Å²) < 4.78 is 73.8. The van der Waals surface area contributed by atoms with Gasteiger partial charge in [-0.2, -0.15) is 17.5 Å². The van der Waals surface area contributed by atoms with Crippen molar-refractivity contribution in [3.8, 4) is 5.88 Å². The molecule has 1 aromatic heterocycles. The van der Waals surface area contributed by atoms with E-state index in [0.29, 0.717) is 6.61 Å². The van der Waals surface area contributed by atoms with Gasteiger partial charge in [-0.15, -0.1) is 0 Å². The number of hydrogen-bond acceptors (Lipinski definition) is 5. The smallest absolute Gasteiger partial charge is 0.422 e. The van der Waals surface area contributed by atoms with E-state index in [-0.39, 0.29) is 29.5 Å². The van der Waals surface area contributed by atoms with Crippen LogP contribution in [0.15, 0.2) is 23.2 Å². The van der Waals surface area contributed by atoms with Crippen LogP contribution in [0.25, 0.3) is 0 Å². The maximum atomic E-state index is 12.9. The van der Waals surface area contributed by atoms with Crippen LogP contribution in [-0.4, -0.2) is 55.8 Å². The monoisotopic (exact) mass is 380 g/mol. The Labute approximate surface area is 144 Å². The Morgan fingerprint density at radius 2 is 2.04 bits per heavy atom. The highest BCUT2D eigenvalue weighted by atomic mass is 32.2. The number of morpholine rings is 1. The lowest BCUT2D eigenvalue weighted by molar-refractivity contribution is -0.154. The van der Waals surface area contributed by atoms with Crippen molar-refractivity contribution in [1.82, 2.24) is 9.29 Å². The third-order valence-corrected chi connectivity index (χ3v) is 6.29. The molecule has 0 bridgehead atoms. The average molecular weight is 380 g/mol. The SMILES string of the molecule is O=S(=O)(c1ccc(OCC(F)(F)F)nc1)N1CCO[C@H]2CCCC[C@H]21. The van der Waals surface area contributed by atoms with Crippen LogP contribution in [0.1, 0.15) is 25.7 Å². The molecule has 2 fully saturated rings. The van der Waals surface area contributed by atoms with Crippen LogP contribution in [0.2, 0.25) is 0 Å². The van der Waals surface area contributed by atoms with E-state index in [1.54, 1.807) is 0 Å². The molecule has 1 saturated heterocycles. The van der Waals surface area contributed by atoms with Crippen LogP contribution in [-0.2, 0) is 14.8 Å². The number of rotatable bonds is 4. The van der Waals surface area contributed by atoms with Gasteiger partial charge in [0, 0.05) is 12.6 Å². The van der Waals surface area contributed by atoms with Crippen LogP contribution in [0.4, 0.5) is 13.2 Å². The molecule has 0 spiro atoms. The van der Waals surface area contributed by atoms with Gasteiger partial charge >= 0.3 is 6.18 Å². The Balaban J connectivity index is 1.75. The average Bonchev–Trinajstić information content (AvgIpc) is 2.59. The Kier molecular flexibility index (Phi) is 5.21. The number of hydrogen-bond donors (Lipinski definition) is 0. The summed E-state index contributed by atoms with van der Waals surface area (Å²) in [5.74, 6) is -0.270. The Hall–Kier alpha value is -1.39. The fourth-order valence-corrected chi connectivity index (χ4v) is 4.86. The number of aromatic nitrogens is 1. The zero-order chi connectivity index (χ0) is 18.1. The molecular formula is C15H19F3N2O4S. The van der Waals surface area contributed by atoms with Crippen molar-refractivity contribution in [3.63, 3.8) is 0 Å². The number of alkyl halides is 3. The van der Waals surface area contributed by atoms with E-state index in [9.17, 15) is 21.6 Å². The number of pyridine rings is 1. The van der Waals surface area contributed by atoms with E-state index >= 15 is 0 Å². The standard InChI is InChI=1S/C15H19F3N2O4S/c16-15(17,18)10-24-14-6-5-11(9-19-14)25(21,22)20-7-8-23-13-4-2-1-3-12(13)20/h5-6,9,12-13H,1-4,7-8,10H2/t12-,13+/m1/s1. The molecule has 1 aromatic rings. The van der Waals surface area contributed by atoms with E-state index < -0.39 is 22.8 Å². The molecule has 2 aliphatic rings. The highest BCUT2D eigenvalue weighted by molar-refractivity contribution is 7.89. The van der Waals surface area contributed by atoms with Crippen LogP contribution in [0, 0.1) is 0 Å². The van der Waals surface area contributed by atoms with Crippen LogP contribution < -0.4 is 4.74 Å². The Morgan fingerprint density at radius 1 is 1.28 bits per heavy atom. The van der Waals surface area contributed by atoms with Gasteiger partial charge < -0.3 is 9.47 Å². The predicted octanol–water partition coefficient (Wildman–Crippen LogP) is 2.35. The molecule has 1 aliphatic carbocycles. The molecule has 0 unspecified atom stereocenters. The number of halogens is 3. The zero-order valence-corrected chi connectivity index (χ0v) is 14.2. The van der Waals surface area contributed by atoms with Crippen molar-refractivity contribution in [2.45, 2.75) is 48.9 Å². The van der Waals surface area contributed by atoms with Gasteiger partial charge in [0.25, 0.3) is 0 Å². The van der Waals surface area contributed by atoms with Crippen LogP contribution in [0.3, 0.4) is 0 Å². The zero-order valence-electron chi connectivity index (χ0n) is 13.4. The normalized spacial score (nSPS) is 25.4. The summed E-state index contributed by atoms with van der Waals surface area (Å²) in [5, 5.41) is 0. The molecule has 0 N–H and O–H groups in total. The molecule has 0 amide bonds. The second-order valence-corrected chi connectivity index (χ2v) is 8.00. The van der Waals surface area contributed by atoms with E-state index in [2.05, 4.69) is 9.72 Å². The van der Waals surface area contributed by atoms with Crippen LogP contribution >= 0.6 is 0 Å². The molecule has 6 nitrogen and oxygen atoms in total. The first-order valence-electron chi connectivity index (χ1n) is 8.06. The molecule has 0 radical (unpaired) electrons. The molecule has 0 aromatic carbocycles. The molecule has 1 saturated carbocycles. The van der Waals surface area contributed by atoms with Gasteiger partial charge in [0.1, 0.15) is 4.90 Å². The maximum Gasteiger partial charge on any atom is 0.422 e. The molecule has 1 aliphatic heterocycles. The van der Waals surface area contributed by atoms with Gasteiger partial charge in [-0.05, 0) is 18.9 Å². The summed E-state index contributed by atoms with van der Waals surface area (Å²) >= 11 is 0. The van der Waals surface area contributed by atoms with Gasteiger partial charge in [0.05, 0.1) is 24.9 Å². The number of sulfonamides is 1. The minimum Gasteiger partial charge on any atom is -0.468 e. The summed E-state index contributed by atoms with van der Waals surface area (Å²) in [6.07, 6.45) is -0.00562. The minimum atomic E-state index is -4.48. The fourth-order valence-electron chi connectivity index (χ4n) is 3.26. The van der Waals surface area contributed by atoms with Crippen LogP contribution in [0.5, 0.6) is 5.88 Å². The minimum absolute atomic E-state index is 0.0573. The quantitative estimate of drug-likeness (QED) is 0.802.